The van der Waals surface area contributed by atoms with E-state index in [1.165, 1.54) is 11.3 Å². The zero-order chi connectivity index (χ0) is 17.8. The molecular weight excluding hydrogens is 334 g/mol. The molecule has 128 valence electrons. The molecule has 1 aliphatic rings. The van der Waals surface area contributed by atoms with E-state index in [0.29, 0.717) is 29.2 Å². The number of piperidine rings is 1. The fourth-order valence-electron chi connectivity index (χ4n) is 2.96. The van der Waals surface area contributed by atoms with Gasteiger partial charge >= 0.3 is 0 Å². The van der Waals surface area contributed by atoms with Gasteiger partial charge in [0, 0.05) is 18.7 Å². The molecule has 2 amide bonds. The van der Waals surface area contributed by atoms with E-state index in [2.05, 4.69) is 11.4 Å². The molecule has 0 radical (unpaired) electrons. The molecule has 1 fully saturated rings. The summed E-state index contributed by atoms with van der Waals surface area (Å²) in [5, 5.41) is 14.2. The highest BCUT2D eigenvalue weighted by molar-refractivity contribution is 7.14. The van der Waals surface area contributed by atoms with Crippen LogP contribution in [0.5, 0.6) is 0 Å². The molecule has 1 saturated heterocycles. The van der Waals surface area contributed by atoms with Crippen molar-refractivity contribution in [3.8, 4) is 6.07 Å². The van der Waals surface area contributed by atoms with Crippen molar-refractivity contribution in [2.75, 3.05) is 18.4 Å². The zero-order valence-electron chi connectivity index (χ0n) is 14.0. The predicted octanol–water partition coefficient (Wildman–Crippen LogP) is 3.42. The summed E-state index contributed by atoms with van der Waals surface area (Å²) >= 11 is 1.34. The van der Waals surface area contributed by atoms with Crippen molar-refractivity contribution in [2.24, 2.45) is 5.92 Å². The Morgan fingerprint density at radius 3 is 2.76 bits per heavy atom. The molecule has 0 aliphatic carbocycles. The van der Waals surface area contributed by atoms with E-state index in [4.69, 9.17) is 5.26 Å². The van der Waals surface area contributed by atoms with Crippen molar-refractivity contribution in [3.63, 3.8) is 0 Å². The summed E-state index contributed by atoms with van der Waals surface area (Å²) in [5.41, 5.74) is 2.23. The second-order valence-electron chi connectivity index (χ2n) is 6.22. The van der Waals surface area contributed by atoms with E-state index >= 15 is 0 Å². The largest absolute Gasteiger partial charge is 0.338 e. The van der Waals surface area contributed by atoms with E-state index in [1.54, 1.807) is 16.3 Å². The highest BCUT2D eigenvalue weighted by Crippen LogP contribution is 2.25. The lowest BCUT2D eigenvalue weighted by atomic mass is 9.96. The van der Waals surface area contributed by atoms with Crippen molar-refractivity contribution in [1.82, 2.24) is 4.90 Å². The number of aryl methyl sites for hydroxylation is 1. The lowest BCUT2D eigenvalue weighted by Gasteiger charge is -2.32. The van der Waals surface area contributed by atoms with Crippen molar-refractivity contribution < 1.29 is 9.59 Å². The summed E-state index contributed by atoms with van der Waals surface area (Å²) in [6.07, 6.45) is 1.54. The van der Waals surface area contributed by atoms with Gasteiger partial charge in [-0.25, -0.2) is 0 Å². The standard InChI is InChI=1S/C19H19N3O2S/c1-13-4-6-14(7-5-13)19(24)22-9-2-3-16(12-22)17(23)21-18-15(11-20)8-10-25-18/h4-8,10,16H,2-3,9,12H2,1H3,(H,21,23)/t16-/m1/s1. The molecule has 5 nitrogen and oxygen atoms in total. The smallest absolute Gasteiger partial charge is 0.253 e. The Bertz CT molecular complexity index is 820. The van der Waals surface area contributed by atoms with Gasteiger partial charge in [0.15, 0.2) is 0 Å². The highest BCUT2D eigenvalue weighted by Gasteiger charge is 2.29. The van der Waals surface area contributed by atoms with Crippen LogP contribution in [0, 0.1) is 24.2 Å². The van der Waals surface area contributed by atoms with Crippen LogP contribution in [-0.2, 0) is 4.79 Å². The number of amides is 2. The molecule has 25 heavy (non-hydrogen) atoms. The summed E-state index contributed by atoms with van der Waals surface area (Å²) in [6, 6.07) is 11.2. The Morgan fingerprint density at radius 1 is 1.28 bits per heavy atom. The van der Waals surface area contributed by atoms with Crippen LogP contribution in [0.2, 0.25) is 0 Å². The van der Waals surface area contributed by atoms with Crippen LogP contribution in [0.3, 0.4) is 0 Å². The third kappa shape index (κ3) is 3.89. The maximum absolute atomic E-state index is 12.6. The normalized spacial score (nSPS) is 17.0. The number of carbonyl (C=O) groups excluding carboxylic acids is 2. The SMILES string of the molecule is Cc1ccc(C(=O)N2CCC[C@@H](C(=O)Nc3sccc3C#N)C2)cc1. The highest BCUT2D eigenvalue weighted by atomic mass is 32.1. The van der Waals surface area contributed by atoms with Crippen LogP contribution in [-0.4, -0.2) is 29.8 Å². The number of carbonyl (C=O) groups is 2. The molecule has 3 rings (SSSR count). The van der Waals surface area contributed by atoms with Gasteiger partial charge in [-0.2, -0.15) is 5.26 Å². The van der Waals surface area contributed by atoms with Gasteiger partial charge in [-0.3, -0.25) is 9.59 Å². The summed E-state index contributed by atoms with van der Waals surface area (Å²) in [4.78, 5) is 26.9. The van der Waals surface area contributed by atoms with Crippen molar-refractivity contribution in [3.05, 3.63) is 52.4 Å². The number of likely N-dealkylation sites (tertiary alicyclic amines) is 1. The zero-order valence-corrected chi connectivity index (χ0v) is 14.8. The fourth-order valence-corrected chi connectivity index (χ4v) is 3.70. The van der Waals surface area contributed by atoms with Gasteiger partial charge in [-0.15, -0.1) is 11.3 Å². The molecule has 2 heterocycles. The Balaban J connectivity index is 1.66. The minimum atomic E-state index is -0.253. The Kier molecular flexibility index (Phi) is 5.15. The molecule has 0 bridgehead atoms. The minimum absolute atomic E-state index is 0.0358. The quantitative estimate of drug-likeness (QED) is 0.919. The number of hydrogen-bond acceptors (Lipinski definition) is 4. The van der Waals surface area contributed by atoms with Crippen molar-refractivity contribution in [1.29, 1.82) is 5.26 Å². The van der Waals surface area contributed by atoms with E-state index in [1.807, 2.05) is 31.2 Å². The Labute approximate surface area is 150 Å². The second-order valence-corrected chi connectivity index (χ2v) is 7.14. The summed E-state index contributed by atoms with van der Waals surface area (Å²) in [6.45, 7) is 3.06. The fraction of sp³-hybridized carbons (Fsp3) is 0.316. The lowest BCUT2D eigenvalue weighted by Crippen LogP contribution is -2.43. The van der Waals surface area contributed by atoms with E-state index in [9.17, 15) is 9.59 Å². The van der Waals surface area contributed by atoms with Gasteiger partial charge in [-0.1, -0.05) is 17.7 Å². The average molecular weight is 353 g/mol. The van der Waals surface area contributed by atoms with Crippen LogP contribution in [0.15, 0.2) is 35.7 Å². The van der Waals surface area contributed by atoms with Crippen LogP contribution in [0.4, 0.5) is 5.00 Å². The number of nitrogens with zero attached hydrogens (tertiary/aromatic N) is 2. The second kappa shape index (κ2) is 7.49. The molecule has 0 unspecified atom stereocenters. The summed E-state index contributed by atoms with van der Waals surface area (Å²) < 4.78 is 0. The third-order valence-corrected chi connectivity index (χ3v) is 5.23. The number of hydrogen-bond donors (Lipinski definition) is 1. The number of thiophene rings is 1. The summed E-state index contributed by atoms with van der Waals surface area (Å²) in [7, 11) is 0. The molecule has 6 heteroatoms. The molecule has 0 spiro atoms. The number of nitriles is 1. The topological polar surface area (TPSA) is 73.2 Å². The van der Waals surface area contributed by atoms with Gasteiger partial charge in [-0.05, 0) is 43.3 Å². The first-order valence-corrected chi connectivity index (χ1v) is 9.11. The molecule has 2 aromatic rings. The van der Waals surface area contributed by atoms with Gasteiger partial charge in [0.05, 0.1) is 11.5 Å². The first-order chi connectivity index (χ1) is 12.1. The van der Waals surface area contributed by atoms with Crippen LogP contribution >= 0.6 is 11.3 Å². The van der Waals surface area contributed by atoms with E-state index in [0.717, 1.165) is 18.4 Å². The maximum Gasteiger partial charge on any atom is 0.253 e. The number of rotatable bonds is 3. The number of anilines is 1. The van der Waals surface area contributed by atoms with Crippen molar-refractivity contribution in [2.45, 2.75) is 19.8 Å². The van der Waals surface area contributed by atoms with Gasteiger partial charge in [0.1, 0.15) is 11.1 Å². The molecule has 1 atom stereocenters. The van der Waals surface area contributed by atoms with Crippen molar-refractivity contribution >= 4 is 28.2 Å². The Hall–Kier alpha value is -2.65. The average Bonchev–Trinajstić information content (AvgIpc) is 3.09. The minimum Gasteiger partial charge on any atom is -0.338 e. The van der Waals surface area contributed by atoms with E-state index in [-0.39, 0.29) is 17.7 Å². The van der Waals surface area contributed by atoms with Gasteiger partial charge in [0.25, 0.3) is 5.91 Å². The lowest BCUT2D eigenvalue weighted by molar-refractivity contribution is -0.121. The summed E-state index contributed by atoms with van der Waals surface area (Å²) in [5.74, 6) is -0.413. The van der Waals surface area contributed by atoms with Gasteiger partial charge in [0.2, 0.25) is 5.91 Å². The molecule has 1 aromatic heterocycles. The third-order valence-electron chi connectivity index (χ3n) is 4.40. The maximum atomic E-state index is 12.6. The molecule has 1 aliphatic heterocycles. The first kappa shape index (κ1) is 17.2. The monoisotopic (exact) mass is 353 g/mol. The van der Waals surface area contributed by atoms with Crippen LogP contribution in [0.1, 0.15) is 34.3 Å². The van der Waals surface area contributed by atoms with Crippen LogP contribution in [0.25, 0.3) is 0 Å². The number of benzene rings is 1. The number of nitrogens with one attached hydrogen (secondary N) is 1. The van der Waals surface area contributed by atoms with E-state index < -0.39 is 0 Å². The Morgan fingerprint density at radius 2 is 2.04 bits per heavy atom. The predicted molar refractivity (Wildman–Crippen MR) is 97.5 cm³/mol. The first-order valence-electron chi connectivity index (χ1n) is 8.23. The van der Waals surface area contributed by atoms with Crippen LogP contribution < -0.4 is 5.32 Å². The molecule has 1 N–H and O–H groups in total. The van der Waals surface area contributed by atoms with Gasteiger partial charge < -0.3 is 10.2 Å². The molecule has 1 aromatic carbocycles. The molecular formula is C19H19N3O2S. The molecule has 0 saturated carbocycles.